The first-order valence-electron chi connectivity index (χ1n) is 10.5. The maximum absolute atomic E-state index is 12.6. The van der Waals surface area contributed by atoms with E-state index in [1.54, 1.807) is 39.9 Å². The van der Waals surface area contributed by atoms with Crippen LogP contribution in [0.25, 0.3) is 5.52 Å². The number of hydrogen-bond acceptors (Lipinski definition) is 5. The summed E-state index contributed by atoms with van der Waals surface area (Å²) in [7, 11) is 0. The smallest absolute Gasteiger partial charge is 0.275 e. The van der Waals surface area contributed by atoms with Gasteiger partial charge in [-0.1, -0.05) is 0 Å². The largest absolute Gasteiger partial charge is 0.343 e. The van der Waals surface area contributed by atoms with E-state index in [2.05, 4.69) is 15.2 Å². The Labute approximate surface area is 173 Å². The number of carbonyl (C=O) groups excluding carboxylic acids is 2. The molecule has 158 valence electrons. The van der Waals surface area contributed by atoms with Crippen LogP contribution >= 0.6 is 0 Å². The van der Waals surface area contributed by atoms with Crippen molar-refractivity contribution in [3.63, 3.8) is 0 Å². The van der Waals surface area contributed by atoms with Gasteiger partial charge in [0.2, 0.25) is 5.91 Å². The second-order valence-corrected chi connectivity index (χ2v) is 7.70. The topological polar surface area (TPSA) is 105 Å². The number of fused-ring (bicyclic) bond motifs is 1. The van der Waals surface area contributed by atoms with Crippen molar-refractivity contribution < 1.29 is 9.59 Å². The predicted molar refractivity (Wildman–Crippen MR) is 110 cm³/mol. The van der Waals surface area contributed by atoms with E-state index in [4.69, 9.17) is 0 Å². The molecular weight excluding hydrogens is 384 g/mol. The summed E-state index contributed by atoms with van der Waals surface area (Å²) in [6.07, 6.45) is 8.07. The average Bonchev–Trinajstić information content (AvgIpc) is 3.43. The van der Waals surface area contributed by atoms with Gasteiger partial charge in [0.05, 0.1) is 11.8 Å². The lowest BCUT2D eigenvalue weighted by Gasteiger charge is -2.31. The van der Waals surface area contributed by atoms with Crippen LogP contribution in [0.2, 0.25) is 0 Å². The number of aromatic amines is 1. The highest BCUT2D eigenvalue weighted by Crippen LogP contribution is 2.22. The van der Waals surface area contributed by atoms with Crippen LogP contribution in [0, 0.1) is 5.92 Å². The highest BCUT2D eigenvalue weighted by Gasteiger charge is 2.28. The highest BCUT2D eigenvalue weighted by molar-refractivity contribution is 5.97. The molecule has 0 atom stereocenters. The molecular formula is C21H26N6O3. The molecule has 1 aliphatic rings. The van der Waals surface area contributed by atoms with Crippen molar-refractivity contribution in [1.82, 2.24) is 29.3 Å². The first-order chi connectivity index (χ1) is 14.5. The zero-order valence-electron chi connectivity index (χ0n) is 17.1. The number of H-pyrrole nitrogens is 1. The fourth-order valence-corrected chi connectivity index (χ4v) is 3.96. The summed E-state index contributed by atoms with van der Waals surface area (Å²) in [4.78, 5) is 41.8. The third kappa shape index (κ3) is 4.19. The van der Waals surface area contributed by atoms with Gasteiger partial charge in [-0.3, -0.25) is 19.1 Å². The number of aromatic nitrogens is 5. The van der Waals surface area contributed by atoms with Gasteiger partial charge in [0.25, 0.3) is 5.56 Å². The third-order valence-corrected chi connectivity index (χ3v) is 5.71. The highest BCUT2D eigenvalue weighted by atomic mass is 16.2. The molecule has 0 spiro atoms. The van der Waals surface area contributed by atoms with Crippen LogP contribution in [0.1, 0.15) is 48.8 Å². The van der Waals surface area contributed by atoms with E-state index in [0.717, 1.165) is 6.54 Å². The Balaban J connectivity index is 1.25. The first kappa shape index (κ1) is 20.1. The van der Waals surface area contributed by atoms with Crippen molar-refractivity contribution >= 4 is 17.2 Å². The molecule has 0 aliphatic carbocycles. The van der Waals surface area contributed by atoms with Crippen LogP contribution in [0.5, 0.6) is 0 Å². The number of Topliss-reactive ketones (excluding diaryl/α,β-unsaturated/α-hetero) is 1. The molecule has 1 N–H and O–H groups in total. The molecule has 9 heteroatoms. The van der Waals surface area contributed by atoms with E-state index in [0.29, 0.717) is 62.1 Å². The number of nitrogens with zero attached hydrogens (tertiary/aromatic N) is 5. The molecule has 3 aromatic rings. The number of carbonyl (C=O) groups is 2. The number of piperidine rings is 1. The van der Waals surface area contributed by atoms with Crippen LogP contribution in [0.4, 0.5) is 0 Å². The van der Waals surface area contributed by atoms with Gasteiger partial charge in [-0.25, -0.2) is 4.52 Å². The summed E-state index contributed by atoms with van der Waals surface area (Å²) in [5.41, 5.74) is 0.990. The third-order valence-electron chi connectivity index (χ3n) is 5.71. The average molecular weight is 410 g/mol. The quantitative estimate of drug-likeness (QED) is 0.597. The Bertz CT molecular complexity index is 1100. The van der Waals surface area contributed by atoms with E-state index >= 15 is 0 Å². The molecule has 0 unspecified atom stereocenters. The fraction of sp³-hybridized carbons (Fsp3) is 0.476. The summed E-state index contributed by atoms with van der Waals surface area (Å²) in [5.74, 6) is 0.737. The molecule has 0 bridgehead atoms. The predicted octanol–water partition coefficient (Wildman–Crippen LogP) is 1.68. The molecule has 0 radical (unpaired) electrons. The molecule has 9 nitrogen and oxygen atoms in total. The van der Waals surface area contributed by atoms with E-state index in [1.165, 1.54) is 0 Å². The van der Waals surface area contributed by atoms with Crippen molar-refractivity contribution in [3.8, 4) is 0 Å². The van der Waals surface area contributed by atoms with E-state index < -0.39 is 0 Å². The van der Waals surface area contributed by atoms with E-state index in [1.807, 2.05) is 11.8 Å². The number of ketones is 1. The summed E-state index contributed by atoms with van der Waals surface area (Å²) < 4.78 is 3.31. The minimum Gasteiger partial charge on any atom is -0.343 e. The fourth-order valence-electron chi connectivity index (χ4n) is 3.96. The summed E-state index contributed by atoms with van der Waals surface area (Å²) in [5, 5.41) is 8.54. The van der Waals surface area contributed by atoms with Crippen molar-refractivity contribution in [1.29, 1.82) is 0 Å². The van der Waals surface area contributed by atoms with Gasteiger partial charge < -0.3 is 9.88 Å². The molecule has 30 heavy (non-hydrogen) atoms. The number of rotatable bonds is 7. The maximum atomic E-state index is 12.6. The van der Waals surface area contributed by atoms with Crippen molar-refractivity contribution in [3.05, 3.63) is 52.5 Å². The van der Waals surface area contributed by atoms with Crippen molar-refractivity contribution in [2.75, 3.05) is 13.1 Å². The van der Waals surface area contributed by atoms with Gasteiger partial charge in [-0.05, 0) is 38.3 Å². The van der Waals surface area contributed by atoms with Gasteiger partial charge in [0.1, 0.15) is 11.3 Å². The Morgan fingerprint density at radius 2 is 2.07 bits per heavy atom. The monoisotopic (exact) mass is 410 g/mol. The maximum Gasteiger partial charge on any atom is 0.275 e. The molecule has 1 fully saturated rings. The van der Waals surface area contributed by atoms with Crippen LogP contribution in [0.15, 0.2) is 35.5 Å². The Hall–Kier alpha value is -3.23. The van der Waals surface area contributed by atoms with Crippen LogP contribution in [-0.4, -0.2) is 54.1 Å². The number of aryl methyl sites for hydroxylation is 2. The minimum absolute atomic E-state index is 0.0499. The first-order valence-corrected chi connectivity index (χ1v) is 10.5. The van der Waals surface area contributed by atoms with Gasteiger partial charge in [-0.15, -0.1) is 0 Å². The normalized spacial score (nSPS) is 15.0. The van der Waals surface area contributed by atoms with Crippen LogP contribution in [-0.2, 0) is 17.8 Å². The Morgan fingerprint density at radius 1 is 1.27 bits per heavy atom. The number of hydrogen-bond donors (Lipinski definition) is 1. The van der Waals surface area contributed by atoms with Crippen molar-refractivity contribution in [2.24, 2.45) is 5.92 Å². The lowest BCUT2D eigenvalue weighted by Crippen LogP contribution is -2.40. The lowest BCUT2D eigenvalue weighted by atomic mass is 9.90. The van der Waals surface area contributed by atoms with Gasteiger partial charge in [-0.2, -0.15) is 10.2 Å². The molecule has 0 saturated carbocycles. The minimum atomic E-state index is -0.174. The van der Waals surface area contributed by atoms with E-state index in [-0.39, 0.29) is 23.2 Å². The van der Waals surface area contributed by atoms with Crippen molar-refractivity contribution in [2.45, 2.75) is 45.6 Å². The summed E-state index contributed by atoms with van der Waals surface area (Å²) in [6.45, 7) is 3.92. The zero-order valence-corrected chi connectivity index (χ0v) is 17.1. The standard InChI is InChI=1S/C21H26N6O3/c1-2-26-14-16(13-22-26)20(29)15-8-11-25(12-9-15)19(28)7-3-6-18-23-21(30)17-5-4-10-27(17)24-18/h4-5,10,13-15H,2-3,6-9,11-12H2,1H3,(H,23,24,30). The lowest BCUT2D eigenvalue weighted by molar-refractivity contribution is -0.132. The summed E-state index contributed by atoms with van der Waals surface area (Å²) in [6, 6.07) is 3.48. The molecule has 1 saturated heterocycles. The number of nitrogens with one attached hydrogen (secondary N) is 1. The molecule has 3 aromatic heterocycles. The second kappa shape index (κ2) is 8.64. The molecule has 0 aromatic carbocycles. The number of likely N-dealkylation sites (tertiary alicyclic amines) is 1. The van der Waals surface area contributed by atoms with Crippen LogP contribution in [0.3, 0.4) is 0 Å². The Morgan fingerprint density at radius 3 is 2.80 bits per heavy atom. The van der Waals surface area contributed by atoms with Crippen LogP contribution < -0.4 is 5.56 Å². The Kier molecular flexibility index (Phi) is 5.78. The second-order valence-electron chi connectivity index (χ2n) is 7.70. The molecule has 4 heterocycles. The number of amides is 1. The van der Waals surface area contributed by atoms with E-state index in [9.17, 15) is 14.4 Å². The van der Waals surface area contributed by atoms with Gasteiger partial charge in [0.15, 0.2) is 5.78 Å². The molecule has 4 rings (SSSR count). The zero-order chi connectivity index (χ0) is 21.1. The molecule has 1 aliphatic heterocycles. The van der Waals surface area contributed by atoms with Gasteiger partial charge in [0, 0.05) is 50.8 Å². The SMILES string of the molecule is CCn1cc(C(=O)C2CCN(C(=O)CCCc3nn4cccc4c(=O)[nH]3)CC2)cn1. The summed E-state index contributed by atoms with van der Waals surface area (Å²) >= 11 is 0. The molecule has 1 amide bonds. The van der Waals surface area contributed by atoms with Gasteiger partial charge >= 0.3 is 0 Å².